The summed E-state index contributed by atoms with van der Waals surface area (Å²) < 4.78 is 7.47. The zero-order valence-electron chi connectivity index (χ0n) is 12.4. The first-order chi connectivity index (χ1) is 9.56. The van der Waals surface area contributed by atoms with Crippen molar-refractivity contribution in [2.45, 2.75) is 44.5 Å². The summed E-state index contributed by atoms with van der Waals surface area (Å²) in [5.41, 5.74) is 1.98. The van der Waals surface area contributed by atoms with E-state index in [4.69, 9.17) is 4.74 Å². The number of rotatable bonds is 4. The number of para-hydroxylation sites is 1. The van der Waals surface area contributed by atoms with E-state index < -0.39 is 0 Å². The van der Waals surface area contributed by atoms with Crippen LogP contribution in [-0.4, -0.2) is 30.7 Å². The van der Waals surface area contributed by atoms with Gasteiger partial charge in [-0.3, -0.25) is 0 Å². The summed E-state index contributed by atoms with van der Waals surface area (Å²) in [6, 6.07) is 6.09. The van der Waals surface area contributed by atoms with Crippen LogP contribution in [0.4, 0.5) is 5.69 Å². The fraction of sp³-hybridized carbons (Fsp3) is 0.562. The van der Waals surface area contributed by atoms with Gasteiger partial charge in [0.15, 0.2) is 0 Å². The molecule has 2 unspecified atom stereocenters. The van der Waals surface area contributed by atoms with E-state index in [0.717, 1.165) is 29.3 Å². The Morgan fingerprint density at radius 2 is 2.20 bits per heavy atom. The van der Waals surface area contributed by atoms with E-state index in [1.807, 2.05) is 12.1 Å². The number of hydrogen-bond acceptors (Lipinski definition) is 3. The fourth-order valence-corrected chi connectivity index (χ4v) is 3.70. The Morgan fingerprint density at radius 1 is 1.45 bits per heavy atom. The molecule has 2 aliphatic heterocycles. The molecule has 4 heteroatoms. The maximum absolute atomic E-state index is 12.3. The van der Waals surface area contributed by atoms with Gasteiger partial charge in [-0.2, -0.15) is 0 Å². The van der Waals surface area contributed by atoms with E-state index in [-0.39, 0.29) is 0 Å². The van der Waals surface area contributed by atoms with Gasteiger partial charge in [0.2, 0.25) is 0 Å². The first-order valence-electron chi connectivity index (χ1n) is 7.49. The Balaban J connectivity index is 1.90. The zero-order valence-corrected chi connectivity index (χ0v) is 13.6. The molecule has 0 spiro atoms. The summed E-state index contributed by atoms with van der Waals surface area (Å²) in [5.74, 6) is 1.94. The number of anilines is 1. The fourth-order valence-electron chi connectivity index (χ4n) is 3.04. The second-order valence-corrected chi connectivity index (χ2v) is 8.21. The number of hydroxylamine groups is 1. The van der Waals surface area contributed by atoms with Crippen LogP contribution in [0.1, 0.15) is 45.1 Å². The van der Waals surface area contributed by atoms with Crippen LogP contribution in [0.3, 0.4) is 0 Å². The number of hydrogen-bond donors (Lipinski definition) is 0. The third-order valence-electron chi connectivity index (χ3n) is 4.16. The number of nitrogens with zero attached hydrogens (tertiary/aromatic N) is 1. The molecule has 20 heavy (non-hydrogen) atoms. The molecule has 2 heterocycles. The third kappa shape index (κ3) is 2.79. The van der Waals surface area contributed by atoms with Crippen molar-refractivity contribution in [2.75, 3.05) is 11.6 Å². The van der Waals surface area contributed by atoms with Crippen LogP contribution in [-0.2, 0) is 0 Å². The van der Waals surface area contributed by atoms with Crippen LogP contribution in [0, 0.1) is 11.1 Å². The van der Waals surface area contributed by atoms with Crippen molar-refractivity contribution in [3.8, 4) is 5.75 Å². The van der Waals surface area contributed by atoms with E-state index in [1.54, 1.807) is 0 Å². The SMILES string of the molecule is C[C]1=[Al][CH]1Oc1cccc2c1N([O-])CCC2CC(C)C. The summed E-state index contributed by atoms with van der Waals surface area (Å²) in [6.07, 6.45) is 2.10. The van der Waals surface area contributed by atoms with E-state index in [9.17, 15) is 5.21 Å². The summed E-state index contributed by atoms with van der Waals surface area (Å²) in [5, 5.41) is 13.4. The molecule has 0 aromatic heterocycles. The molecule has 106 valence electrons. The van der Waals surface area contributed by atoms with Crippen LogP contribution in [0.15, 0.2) is 18.2 Å². The molecule has 0 amide bonds. The molecule has 0 bridgehead atoms. The van der Waals surface area contributed by atoms with Gasteiger partial charge in [0.25, 0.3) is 0 Å². The van der Waals surface area contributed by atoms with Gasteiger partial charge in [-0.1, -0.05) is 0 Å². The predicted octanol–water partition coefficient (Wildman–Crippen LogP) is 3.14. The molecule has 0 saturated carbocycles. The molecular weight excluding hydrogens is 265 g/mol. The number of benzene rings is 1. The van der Waals surface area contributed by atoms with Crippen molar-refractivity contribution in [1.29, 1.82) is 0 Å². The normalized spacial score (nSPS) is 24.1. The van der Waals surface area contributed by atoms with Crippen molar-refractivity contribution >= 4 is 24.8 Å². The molecule has 1 aromatic carbocycles. The molecule has 1 aromatic rings. The Morgan fingerprint density at radius 3 is 2.85 bits per heavy atom. The van der Waals surface area contributed by atoms with Crippen molar-refractivity contribution in [2.24, 2.45) is 5.92 Å². The van der Waals surface area contributed by atoms with E-state index in [0.29, 0.717) is 38.1 Å². The Hall–Kier alpha value is -0.818. The van der Waals surface area contributed by atoms with Crippen LogP contribution in [0.5, 0.6) is 5.75 Å². The average molecular weight is 286 g/mol. The van der Waals surface area contributed by atoms with Crippen molar-refractivity contribution in [3.05, 3.63) is 29.0 Å². The maximum atomic E-state index is 12.3. The standard InChI is InChI=1S/C16H21NO2.Al/c1-4-10-19-15-7-5-6-14-13(11-12(2)3)8-9-17(18)16(14)15;/h5-7,10,12-13H,8-9,11H2,1-3H3;/q-1;. The van der Waals surface area contributed by atoms with Gasteiger partial charge >= 0.3 is 126 Å². The van der Waals surface area contributed by atoms with Gasteiger partial charge in [0.05, 0.1) is 0 Å². The molecule has 2 atom stereocenters. The molecule has 0 radical (unpaired) electrons. The minimum absolute atomic E-state index is 0.306. The molecule has 0 saturated heterocycles. The molecular formula is C16H21AlNO2-. The third-order valence-corrected chi connectivity index (χ3v) is 5.57. The first-order valence-corrected chi connectivity index (χ1v) is 8.73. The Labute approximate surface area is 126 Å². The summed E-state index contributed by atoms with van der Waals surface area (Å²) >= 11 is 0.328. The van der Waals surface area contributed by atoms with E-state index in [1.165, 1.54) is 9.94 Å². The summed E-state index contributed by atoms with van der Waals surface area (Å²) in [7, 11) is 0. The van der Waals surface area contributed by atoms with Gasteiger partial charge in [0.1, 0.15) is 0 Å². The first kappa shape index (κ1) is 14.1. The van der Waals surface area contributed by atoms with Gasteiger partial charge in [-0.15, -0.1) is 0 Å². The molecule has 3 rings (SSSR count). The molecule has 0 N–H and O–H groups in total. The molecule has 0 fully saturated rings. The second-order valence-electron chi connectivity index (χ2n) is 6.36. The second kappa shape index (κ2) is 5.52. The van der Waals surface area contributed by atoms with Crippen molar-refractivity contribution < 1.29 is 4.74 Å². The summed E-state index contributed by atoms with van der Waals surface area (Å²) in [4.78, 5) is 0.306. The van der Waals surface area contributed by atoms with Crippen molar-refractivity contribution in [3.63, 3.8) is 0 Å². The monoisotopic (exact) mass is 286 g/mol. The van der Waals surface area contributed by atoms with Gasteiger partial charge < -0.3 is 0 Å². The van der Waals surface area contributed by atoms with E-state index >= 15 is 0 Å². The minimum atomic E-state index is 0.306. The Bertz CT molecular complexity index is 541. The number of ether oxygens (including phenoxy) is 1. The summed E-state index contributed by atoms with van der Waals surface area (Å²) in [6.45, 7) is 7.22. The molecule has 3 nitrogen and oxygen atoms in total. The zero-order chi connectivity index (χ0) is 14.3. The van der Waals surface area contributed by atoms with Crippen LogP contribution in [0.25, 0.3) is 0 Å². The van der Waals surface area contributed by atoms with Gasteiger partial charge in [0, 0.05) is 0 Å². The quantitative estimate of drug-likeness (QED) is 0.798. The van der Waals surface area contributed by atoms with Gasteiger partial charge in [-0.25, -0.2) is 0 Å². The van der Waals surface area contributed by atoms with Crippen LogP contribution < -0.4 is 9.80 Å². The number of fused-ring (bicyclic) bond motifs is 1. The van der Waals surface area contributed by atoms with Crippen LogP contribution >= 0.6 is 0 Å². The van der Waals surface area contributed by atoms with E-state index in [2.05, 4.69) is 26.8 Å². The predicted molar refractivity (Wildman–Crippen MR) is 84.8 cm³/mol. The van der Waals surface area contributed by atoms with Crippen molar-refractivity contribution in [1.82, 2.24) is 0 Å². The molecule has 0 aliphatic carbocycles. The average Bonchev–Trinajstić information content (AvgIpc) is 3.08. The Kier molecular flexibility index (Phi) is 3.90. The molecule has 2 aliphatic rings. The van der Waals surface area contributed by atoms with Gasteiger partial charge in [-0.05, 0) is 0 Å². The van der Waals surface area contributed by atoms with Crippen LogP contribution in [0.2, 0.25) is 0 Å². The topological polar surface area (TPSA) is 35.5 Å².